The number of hydrogen-bond donors (Lipinski definition) is 1. The molecule has 5 nitrogen and oxygen atoms in total. The second-order valence-electron chi connectivity index (χ2n) is 4.39. The maximum absolute atomic E-state index is 13.9. The topological polar surface area (TPSA) is 68.0 Å². The molecule has 0 bridgehead atoms. The van der Waals surface area contributed by atoms with Crippen molar-refractivity contribution in [2.24, 2.45) is 7.05 Å². The van der Waals surface area contributed by atoms with Crippen LogP contribution in [0, 0.1) is 5.82 Å². The number of hydrogen-bond acceptors (Lipinski definition) is 4. The van der Waals surface area contributed by atoms with Crippen molar-refractivity contribution in [2.45, 2.75) is 9.92 Å². The highest BCUT2D eigenvalue weighted by Gasteiger charge is 2.13. The van der Waals surface area contributed by atoms with Crippen LogP contribution >= 0.6 is 11.8 Å². The van der Waals surface area contributed by atoms with E-state index in [1.165, 1.54) is 12.1 Å². The van der Waals surface area contributed by atoms with E-state index in [4.69, 9.17) is 5.11 Å². The molecule has 0 aliphatic heterocycles. The van der Waals surface area contributed by atoms with E-state index in [1.54, 1.807) is 12.5 Å². The van der Waals surface area contributed by atoms with Gasteiger partial charge in [-0.3, -0.25) is 0 Å². The lowest BCUT2D eigenvalue weighted by Crippen LogP contribution is -1.97. The molecule has 0 fully saturated rings. The summed E-state index contributed by atoms with van der Waals surface area (Å²) in [6.45, 7) is 0. The lowest BCUT2D eigenvalue weighted by atomic mass is 10.2. The highest BCUT2D eigenvalue weighted by atomic mass is 32.2. The van der Waals surface area contributed by atoms with Gasteiger partial charge in [0.05, 0.1) is 22.3 Å². The predicted molar refractivity (Wildman–Crippen MR) is 76.0 cm³/mol. The van der Waals surface area contributed by atoms with E-state index in [9.17, 15) is 9.18 Å². The summed E-state index contributed by atoms with van der Waals surface area (Å²) in [7, 11) is 1.86. The second kappa shape index (κ2) is 5.17. The van der Waals surface area contributed by atoms with Gasteiger partial charge in [-0.05, 0) is 24.3 Å². The number of nitrogens with zero attached hydrogens (tertiary/aromatic N) is 3. The SMILES string of the molecule is Cn1cnc2c(Sc3cc(C(=O)O)ccc3F)nccc21. The number of carboxylic acid groups (broad SMARTS) is 1. The summed E-state index contributed by atoms with van der Waals surface area (Å²) < 4.78 is 15.7. The molecule has 1 N–H and O–H groups in total. The van der Waals surface area contributed by atoms with Crippen molar-refractivity contribution in [3.63, 3.8) is 0 Å². The van der Waals surface area contributed by atoms with Crippen molar-refractivity contribution in [1.29, 1.82) is 0 Å². The standard InChI is InChI=1S/C14H10FN3O2S/c1-18-7-17-12-10(18)4-5-16-13(12)21-11-6-8(14(19)20)2-3-9(11)15/h2-7H,1H3,(H,19,20). The fourth-order valence-corrected chi connectivity index (χ4v) is 2.86. The highest BCUT2D eigenvalue weighted by molar-refractivity contribution is 7.99. The van der Waals surface area contributed by atoms with Crippen LogP contribution in [0.15, 0.2) is 46.7 Å². The predicted octanol–water partition coefficient (Wildman–Crippen LogP) is 2.96. The van der Waals surface area contributed by atoms with Gasteiger partial charge in [-0.25, -0.2) is 19.2 Å². The Hall–Kier alpha value is -2.41. The van der Waals surface area contributed by atoms with Crippen LogP contribution in [0.3, 0.4) is 0 Å². The van der Waals surface area contributed by atoms with Crippen LogP contribution in [-0.2, 0) is 7.05 Å². The first-order valence-corrected chi connectivity index (χ1v) is 6.84. The van der Waals surface area contributed by atoms with Crippen molar-refractivity contribution in [3.05, 3.63) is 48.2 Å². The zero-order valence-electron chi connectivity index (χ0n) is 10.9. The molecule has 106 valence electrons. The van der Waals surface area contributed by atoms with Crippen LogP contribution in [0.4, 0.5) is 4.39 Å². The molecule has 0 saturated heterocycles. The van der Waals surface area contributed by atoms with Crippen LogP contribution in [0.2, 0.25) is 0 Å². The van der Waals surface area contributed by atoms with E-state index >= 15 is 0 Å². The van der Waals surface area contributed by atoms with Gasteiger partial charge < -0.3 is 9.67 Å². The zero-order valence-corrected chi connectivity index (χ0v) is 11.8. The molecule has 0 radical (unpaired) electrons. The average molecular weight is 303 g/mol. The van der Waals surface area contributed by atoms with Gasteiger partial charge in [-0.2, -0.15) is 0 Å². The van der Waals surface area contributed by atoms with E-state index in [0.29, 0.717) is 10.5 Å². The van der Waals surface area contributed by atoms with Crippen LogP contribution in [0.5, 0.6) is 0 Å². The molecular weight excluding hydrogens is 293 g/mol. The third-order valence-corrected chi connectivity index (χ3v) is 4.02. The Balaban J connectivity index is 2.06. The molecule has 1 aromatic carbocycles. The van der Waals surface area contributed by atoms with Crippen LogP contribution in [0.25, 0.3) is 11.0 Å². The summed E-state index contributed by atoms with van der Waals surface area (Å²) in [5, 5.41) is 9.51. The first kappa shape index (κ1) is 13.6. The molecule has 0 unspecified atom stereocenters. The van der Waals surface area contributed by atoms with Gasteiger partial charge in [0, 0.05) is 13.2 Å². The number of aryl methyl sites for hydroxylation is 1. The molecule has 0 amide bonds. The molecule has 0 spiro atoms. The molecule has 3 rings (SSSR count). The van der Waals surface area contributed by atoms with Gasteiger partial charge in [-0.15, -0.1) is 0 Å². The number of carboxylic acids is 1. The maximum Gasteiger partial charge on any atom is 0.335 e. The van der Waals surface area contributed by atoms with E-state index in [2.05, 4.69) is 9.97 Å². The van der Waals surface area contributed by atoms with Gasteiger partial charge in [0.2, 0.25) is 0 Å². The lowest BCUT2D eigenvalue weighted by Gasteiger charge is -2.05. The number of halogens is 1. The van der Waals surface area contributed by atoms with Crippen LogP contribution in [-0.4, -0.2) is 25.6 Å². The maximum atomic E-state index is 13.9. The highest BCUT2D eigenvalue weighted by Crippen LogP contribution is 2.33. The molecule has 3 aromatic rings. The van der Waals surface area contributed by atoms with Gasteiger partial charge in [0.15, 0.2) is 0 Å². The third kappa shape index (κ3) is 2.47. The van der Waals surface area contributed by atoms with E-state index < -0.39 is 11.8 Å². The molecule has 0 atom stereocenters. The first-order chi connectivity index (χ1) is 10.1. The van der Waals surface area contributed by atoms with Crippen molar-refractivity contribution in [1.82, 2.24) is 14.5 Å². The molecule has 2 aromatic heterocycles. The smallest absolute Gasteiger partial charge is 0.335 e. The Kier molecular flexibility index (Phi) is 3.34. The summed E-state index contributed by atoms with van der Waals surface area (Å²) in [5.74, 6) is -1.58. The number of carbonyl (C=O) groups is 1. The largest absolute Gasteiger partial charge is 0.478 e. The lowest BCUT2D eigenvalue weighted by molar-refractivity contribution is 0.0696. The fourth-order valence-electron chi connectivity index (χ4n) is 1.93. The molecule has 0 aliphatic rings. The van der Waals surface area contributed by atoms with Crippen molar-refractivity contribution in [2.75, 3.05) is 0 Å². The molecule has 0 aliphatic carbocycles. The summed E-state index contributed by atoms with van der Waals surface area (Å²) in [6, 6.07) is 5.49. The Morgan fingerprint density at radius 2 is 2.14 bits per heavy atom. The van der Waals surface area contributed by atoms with E-state index in [-0.39, 0.29) is 10.5 Å². The monoisotopic (exact) mass is 303 g/mol. The van der Waals surface area contributed by atoms with E-state index in [0.717, 1.165) is 23.3 Å². The number of benzene rings is 1. The minimum atomic E-state index is -1.10. The van der Waals surface area contributed by atoms with E-state index in [1.807, 2.05) is 17.7 Å². The van der Waals surface area contributed by atoms with Crippen molar-refractivity contribution in [3.8, 4) is 0 Å². The fraction of sp³-hybridized carbons (Fsp3) is 0.0714. The number of imidazole rings is 1. The number of pyridine rings is 1. The molecular formula is C14H10FN3O2S. The minimum absolute atomic E-state index is 0.0343. The Morgan fingerprint density at radius 3 is 2.90 bits per heavy atom. The molecule has 7 heteroatoms. The van der Waals surface area contributed by atoms with Crippen molar-refractivity contribution >= 4 is 28.8 Å². The number of aromatic carboxylic acids is 1. The van der Waals surface area contributed by atoms with Gasteiger partial charge in [-0.1, -0.05) is 11.8 Å². The minimum Gasteiger partial charge on any atom is -0.478 e. The van der Waals surface area contributed by atoms with Crippen molar-refractivity contribution < 1.29 is 14.3 Å². The average Bonchev–Trinajstić information content (AvgIpc) is 2.84. The van der Waals surface area contributed by atoms with Gasteiger partial charge in [0.1, 0.15) is 16.4 Å². The van der Waals surface area contributed by atoms with Crippen LogP contribution in [0.1, 0.15) is 10.4 Å². The second-order valence-corrected chi connectivity index (χ2v) is 5.42. The zero-order chi connectivity index (χ0) is 15.0. The Morgan fingerprint density at radius 1 is 1.33 bits per heavy atom. The van der Waals surface area contributed by atoms with Gasteiger partial charge >= 0.3 is 5.97 Å². The summed E-state index contributed by atoms with van der Waals surface area (Å²) in [6.07, 6.45) is 3.27. The first-order valence-electron chi connectivity index (χ1n) is 6.03. The normalized spacial score (nSPS) is 11.0. The Bertz CT molecular complexity index is 847. The van der Waals surface area contributed by atoms with Crippen LogP contribution < -0.4 is 0 Å². The molecule has 0 saturated carbocycles. The number of fused-ring (bicyclic) bond motifs is 1. The third-order valence-electron chi connectivity index (χ3n) is 2.99. The molecule has 2 heterocycles. The van der Waals surface area contributed by atoms with Gasteiger partial charge in [0.25, 0.3) is 0 Å². The summed E-state index contributed by atoms with van der Waals surface area (Å²) >= 11 is 1.06. The number of aromatic nitrogens is 3. The molecule has 21 heavy (non-hydrogen) atoms. The summed E-state index contributed by atoms with van der Waals surface area (Å²) in [4.78, 5) is 19.6. The number of rotatable bonds is 3. The quantitative estimate of drug-likeness (QED) is 0.805. The summed E-state index contributed by atoms with van der Waals surface area (Å²) in [5.41, 5.74) is 1.57. The Labute approximate surface area is 123 Å².